The molecule has 7 heteroatoms. The Balaban J connectivity index is 3.32. The van der Waals surface area contributed by atoms with Gasteiger partial charge in [-0.1, -0.05) is 34.8 Å². The highest BCUT2D eigenvalue weighted by Crippen LogP contribution is 2.33. The Hall–Kier alpha value is -0.290. The molecule has 0 saturated carbocycles. The number of nitrogens with zero attached hydrogens (tertiary/aromatic N) is 3. The zero-order valence-corrected chi connectivity index (χ0v) is 10.7. The second kappa shape index (κ2) is 4.29. The molecule has 1 aliphatic heterocycles. The topological polar surface area (TPSA) is 35.9 Å². The number of aliphatic imine (C=N–C) groups is 1. The van der Waals surface area contributed by atoms with Crippen molar-refractivity contribution in [2.75, 3.05) is 21.1 Å². The van der Waals surface area contributed by atoms with Crippen LogP contribution in [0.25, 0.3) is 0 Å². The third-order valence-electron chi connectivity index (χ3n) is 2.23. The number of allylic oxidation sites excluding steroid dienone is 1. The van der Waals surface area contributed by atoms with Crippen LogP contribution in [0.15, 0.2) is 15.2 Å². The van der Waals surface area contributed by atoms with Gasteiger partial charge < -0.3 is 4.90 Å². The highest BCUT2D eigenvalue weighted by molar-refractivity contribution is 6.77. The fraction of sp³-hybridized carbons (Fsp3) is 0.500. The first-order valence-corrected chi connectivity index (χ1v) is 5.18. The first-order chi connectivity index (χ1) is 6.86. The first kappa shape index (κ1) is 12.8. The monoisotopic (exact) mass is 269 g/mol. The van der Waals surface area contributed by atoms with Crippen LogP contribution in [-0.4, -0.2) is 48.2 Å². The molecule has 0 saturated heterocycles. The lowest BCUT2D eigenvalue weighted by Gasteiger charge is -2.42. The van der Waals surface area contributed by atoms with Crippen LogP contribution in [0.1, 0.15) is 0 Å². The van der Waals surface area contributed by atoms with Crippen molar-refractivity contribution in [3.8, 4) is 0 Å². The lowest BCUT2D eigenvalue weighted by molar-refractivity contribution is -0.124. The standard InChI is InChI=1S/C8H10Cl3N3O/c1-13(2)8(4-15)12-6(10)5(9)7(11)14(8)3/h4H,1-3H3. The van der Waals surface area contributed by atoms with E-state index < -0.39 is 5.79 Å². The van der Waals surface area contributed by atoms with Gasteiger partial charge in [0, 0.05) is 7.05 Å². The molecule has 0 spiro atoms. The predicted octanol–water partition coefficient (Wildman–Crippen LogP) is 1.63. The molecule has 0 amide bonds. The van der Waals surface area contributed by atoms with Crippen molar-refractivity contribution in [1.82, 2.24) is 9.80 Å². The molecule has 0 aromatic heterocycles. The number of hydrogen-bond acceptors (Lipinski definition) is 4. The maximum Gasteiger partial charge on any atom is 0.248 e. The van der Waals surface area contributed by atoms with Crippen molar-refractivity contribution in [3.63, 3.8) is 0 Å². The second-order valence-corrected chi connectivity index (χ2v) is 4.36. The van der Waals surface area contributed by atoms with Gasteiger partial charge in [0.1, 0.15) is 15.4 Å². The Morgan fingerprint density at radius 1 is 1.40 bits per heavy atom. The van der Waals surface area contributed by atoms with Gasteiger partial charge in [-0.15, -0.1) is 0 Å². The first-order valence-electron chi connectivity index (χ1n) is 4.05. The molecule has 15 heavy (non-hydrogen) atoms. The minimum Gasteiger partial charge on any atom is -0.321 e. The van der Waals surface area contributed by atoms with Gasteiger partial charge in [0.05, 0.1) is 0 Å². The largest absolute Gasteiger partial charge is 0.321 e. The van der Waals surface area contributed by atoms with Gasteiger partial charge >= 0.3 is 0 Å². The summed E-state index contributed by atoms with van der Waals surface area (Å²) in [6.07, 6.45) is 0.654. The Morgan fingerprint density at radius 2 is 1.93 bits per heavy atom. The normalized spacial score (nSPS) is 27.1. The van der Waals surface area contributed by atoms with Crippen LogP contribution in [-0.2, 0) is 4.79 Å². The van der Waals surface area contributed by atoms with Crippen LogP contribution in [0.5, 0.6) is 0 Å². The molecule has 1 heterocycles. The minimum absolute atomic E-state index is 0.0283. The molecule has 0 aromatic rings. The van der Waals surface area contributed by atoms with E-state index >= 15 is 0 Å². The van der Waals surface area contributed by atoms with E-state index in [-0.39, 0.29) is 15.4 Å². The number of likely N-dealkylation sites (N-methyl/N-ethyl adjacent to an activating group) is 2. The molecule has 0 radical (unpaired) electrons. The van der Waals surface area contributed by atoms with E-state index in [1.807, 2.05) is 0 Å². The molecular formula is C8H10Cl3N3O. The van der Waals surface area contributed by atoms with Gasteiger partial charge in [-0.3, -0.25) is 9.69 Å². The summed E-state index contributed by atoms with van der Waals surface area (Å²) < 4.78 is 0. The summed E-state index contributed by atoms with van der Waals surface area (Å²) in [7, 11) is 5.01. The molecule has 4 nitrogen and oxygen atoms in total. The third-order valence-corrected chi connectivity index (χ3v) is 3.50. The van der Waals surface area contributed by atoms with E-state index in [1.165, 1.54) is 4.90 Å². The minimum atomic E-state index is -1.23. The van der Waals surface area contributed by atoms with Gasteiger partial charge in [0.2, 0.25) is 5.79 Å². The molecule has 0 aromatic carbocycles. The zero-order valence-electron chi connectivity index (χ0n) is 8.46. The van der Waals surface area contributed by atoms with Crippen molar-refractivity contribution in [2.45, 2.75) is 5.79 Å². The molecule has 0 bridgehead atoms. The smallest absolute Gasteiger partial charge is 0.248 e. The summed E-state index contributed by atoms with van der Waals surface area (Å²) in [4.78, 5) is 18.2. The molecule has 1 unspecified atom stereocenters. The van der Waals surface area contributed by atoms with E-state index in [2.05, 4.69) is 4.99 Å². The highest BCUT2D eigenvalue weighted by atomic mass is 35.5. The summed E-state index contributed by atoms with van der Waals surface area (Å²) in [6, 6.07) is 0. The summed E-state index contributed by atoms with van der Waals surface area (Å²) in [5.41, 5.74) is 0. The Bertz CT molecular complexity index is 353. The third kappa shape index (κ3) is 1.87. The van der Waals surface area contributed by atoms with Gasteiger partial charge in [-0.25, -0.2) is 4.99 Å². The molecule has 1 aliphatic rings. The van der Waals surface area contributed by atoms with Crippen LogP contribution in [0.4, 0.5) is 0 Å². The van der Waals surface area contributed by atoms with Gasteiger partial charge in [-0.05, 0) is 14.1 Å². The van der Waals surface area contributed by atoms with Crippen molar-refractivity contribution < 1.29 is 4.79 Å². The van der Waals surface area contributed by atoms with E-state index in [4.69, 9.17) is 34.8 Å². The van der Waals surface area contributed by atoms with Crippen LogP contribution >= 0.6 is 34.8 Å². The number of carbonyl (C=O) groups is 1. The van der Waals surface area contributed by atoms with Crippen LogP contribution in [0.3, 0.4) is 0 Å². The zero-order chi connectivity index (χ0) is 11.8. The summed E-state index contributed by atoms with van der Waals surface area (Å²) in [5.74, 6) is -1.23. The summed E-state index contributed by atoms with van der Waals surface area (Å²) >= 11 is 17.6. The van der Waals surface area contributed by atoms with Crippen molar-refractivity contribution in [1.29, 1.82) is 0 Å². The fourth-order valence-corrected chi connectivity index (χ4v) is 1.90. The summed E-state index contributed by atoms with van der Waals surface area (Å²) in [6.45, 7) is 0. The van der Waals surface area contributed by atoms with Crippen molar-refractivity contribution >= 4 is 46.3 Å². The Labute approximate surface area is 103 Å². The Kier molecular flexibility index (Phi) is 3.66. The maximum atomic E-state index is 11.2. The quantitative estimate of drug-likeness (QED) is 0.565. The van der Waals surface area contributed by atoms with E-state index in [1.54, 1.807) is 26.0 Å². The number of carbonyl (C=O) groups excluding carboxylic acids is 1. The van der Waals surface area contributed by atoms with E-state index in [0.717, 1.165) is 0 Å². The maximum absolute atomic E-state index is 11.2. The predicted molar refractivity (Wildman–Crippen MR) is 62.3 cm³/mol. The molecule has 0 fully saturated rings. The summed E-state index contributed by atoms with van der Waals surface area (Å²) in [5, 5.41) is 0.359. The lowest BCUT2D eigenvalue weighted by Crippen LogP contribution is -2.57. The average molecular weight is 271 g/mol. The molecule has 0 N–H and O–H groups in total. The molecule has 1 rings (SSSR count). The van der Waals surface area contributed by atoms with Gasteiger partial charge in [0.15, 0.2) is 6.29 Å². The molecule has 84 valence electrons. The Morgan fingerprint density at radius 3 is 2.33 bits per heavy atom. The second-order valence-electron chi connectivity index (χ2n) is 3.27. The number of halogens is 3. The van der Waals surface area contributed by atoms with Crippen LogP contribution in [0, 0.1) is 0 Å². The van der Waals surface area contributed by atoms with Gasteiger partial charge in [-0.2, -0.15) is 0 Å². The van der Waals surface area contributed by atoms with Crippen LogP contribution in [0.2, 0.25) is 0 Å². The van der Waals surface area contributed by atoms with Crippen molar-refractivity contribution in [2.24, 2.45) is 4.99 Å². The number of aldehydes is 1. The fourth-order valence-electron chi connectivity index (χ4n) is 1.26. The van der Waals surface area contributed by atoms with Crippen LogP contribution < -0.4 is 0 Å². The van der Waals surface area contributed by atoms with Gasteiger partial charge in [0.25, 0.3) is 0 Å². The average Bonchev–Trinajstić information content (AvgIpc) is 2.20. The molecule has 0 aliphatic carbocycles. The lowest BCUT2D eigenvalue weighted by atomic mass is 10.3. The number of rotatable bonds is 2. The van der Waals surface area contributed by atoms with E-state index in [9.17, 15) is 4.79 Å². The van der Waals surface area contributed by atoms with Crippen molar-refractivity contribution in [3.05, 3.63) is 10.2 Å². The SMILES string of the molecule is CN(C)C1(C=O)N=C(Cl)C(Cl)=C(Cl)N1C. The highest BCUT2D eigenvalue weighted by Gasteiger charge is 2.42. The molecular weight excluding hydrogens is 260 g/mol. The van der Waals surface area contributed by atoms with E-state index in [0.29, 0.717) is 6.29 Å². The number of hydrogen-bond donors (Lipinski definition) is 0. The molecule has 1 atom stereocenters.